The molecule has 0 bridgehead atoms. The molecule has 2 rings (SSSR count). The molecule has 0 radical (unpaired) electrons. The van der Waals surface area contributed by atoms with Crippen molar-refractivity contribution in [1.29, 1.82) is 0 Å². The van der Waals surface area contributed by atoms with Crippen LogP contribution in [0.15, 0.2) is 46.6 Å². The van der Waals surface area contributed by atoms with E-state index < -0.39 is 0 Å². The zero-order valence-corrected chi connectivity index (χ0v) is 17.9. The monoisotopic (exact) mass is 590 g/mol. The summed E-state index contributed by atoms with van der Waals surface area (Å²) in [6, 6.07) is 7.56. The molecule has 0 fully saturated rings. The number of benzene rings is 2. The summed E-state index contributed by atoms with van der Waals surface area (Å²) in [5, 5.41) is 0. The van der Waals surface area contributed by atoms with Crippen molar-refractivity contribution in [3.63, 3.8) is 0 Å². The van der Waals surface area contributed by atoms with E-state index in [2.05, 4.69) is 79.6 Å². The highest BCUT2D eigenvalue weighted by atomic mass is 79.9. The summed E-state index contributed by atoms with van der Waals surface area (Å²) in [5.74, 6) is 1.93. The van der Waals surface area contributed by atoms with E-state index in [1.807, 2.05) is 24.3 Å². The molecule has 0 aliphatic heterocycles. The van der Waals surface area contributed by atoms with Crippen molar-refractivity contribution in [2.75, 3.05) is 7.11 Å². The molecular formula is C13H7Br5O2. The molecule has 0 N–H and O–H groups in total. The van der Waals surface area contributed by atoms with Crippen LogP contribution in [-0.4, -0.2) is 7.11 Å². The van der Waals surface area contributed by atoms with E-state index in [4.69, 9.17) is 9.47 Å². The van der Waals surface area contributed by atoms with Crippen LogP contribution in [0.4, 0.5) is 0 Å². The standard InChI is InChI=1S/C13H7Br5O2/c1-19-13-10(5-8(16)11(17)12(13)18)20-9-3-2-6(14)4-7(9)15/h2-5H,1H3. The van der Waals surface area contributed by atoms with Crippen LogP contribution in [-0.2, 0) is 0 Å². The molecule has 2 aromatic carbocycles. The lowest BCUT2D eigenvalue weighted by atomic mass is 10.3. The van der Waals surface area contributed by atoms with Crippen molar-refractivity contribution in [3.05, 3.63) is 46.6 Å². The smallest absolute Gasteiger partial charge is 0.176 e. The molecule has 20 heavy (non-hydrogen) atoms. The van der Waals surface area contributed by atoms with E-state index in [0.29, 0.717) is 17.2 Å². The Hall–Kier alpha value is 0.440. The molecule has 0 aromatic heterocycles. The van der Waals surface area contributed by atoms with Gasteiger partial charge in [-0.15, -0.1) is 0 Å². The van der Waals surface area contributed by atoms with Crippen molar-refractivity contribution >= 4 is 79.6 Å². The van der Waals surface area contributed by atoms with Gasteiger partial charge in [-0.25, -0.2) is 0 Å². The average Bonchev–Trinajstić information content (AvgIpc) is 2.40. The van der Waals surface area contributed by atoms with Gasteiger partial charge in [-0.1, -0.05) is 15.9 Å². The second-order valence-corrected chi connectivity index (χ2v) is 7.90. The van der Waals surface area contributed by atoms with Gasteiger partial charge in [0.2, 0.25) is 0 Å². The van der Waals surface area contributed by atoms with Crippen LogP contribution in [0.1, 0.15) is 0 Å². The number of methoxy groups -OCH3 is 1. The number of rotatable bonds is 3. The van der Waals surface area contributed by atoms with Crippen molar-refractivity contribution in [3.8, 4) is 17.2 Å². The van der Waals surface area contributed by atoms with E-state index in [0.717, 1.165) is 22.4 Å². The van der Waals surface area contributed by atoms with Gasteiger partial charge in [0.15, 0.2) is 11.5 Å². The van der Waals surface area contributed by atoms with Crippen LogP contribution in [0.25, 0.3) is 0 Å². The maximum Gasteiger partial charge on any atom is 0.176 e. The molecule has 0 saturated heterocycles. The summed E-state index contributed by atoms with van der Waals surface area (Å²) in [7, 11) is 1.60. The summed E-state index contributed by atoms with van der Waals surface area (Å²) in [6.45, 7) is 0. The minimum Gasteiger partial charge on any atom is -0.492 e. The Kier molecular flexibility index (Phi) is 5.99. The topological polar surface area (TPSA) is 18.5 Å². The quantitative estimate of drug-likeness (QED) is 0.347. The SMILES string of the molecule is COc1c(Oc2ccc(Br)cc2Br)cc(Br)c(Br)c1Br. The zero-order chi connectivity index (χ0) is 14.9. The Morgan fingerprint density at radius 3 is 2.10 bits per heavy atom. The molecule has 7 heteroatoms. The fourth-order valence-electron chi connectivity index (χ4n) is 1.50. The molecule has 106 valence electrons. The first-order valence-corrected chi connectivity index (χ1v) is 9.25. The second-order valence-electron chi connectivity index (χ2n) is 3.69. The van der Waals surface area contributed by atoms with Crippen LogP contribution < -0.4 is 9.47 Å². The third-order valence-electron chi connectivity index (χ3n) is 2.40. The van der Waals surface area contributed by atoms with Crippen LogP contribution in [0.5, 0.6) is 17.2 Å². The van der Waals surface area contributed by atoms with Crippen LogP contribution in [0, 0.1) is 0 Å². The molecule has 0 spiro atoms. The summed E-state index contributed by atoms with van der Waals surface area (Å²) in [5.41, 5.74) is 0. The molecule has 0 amide bonds. The molecule has 0 aliphatic rings. The highest BCUT2D eigenvalue weighted by molar-refractivity contribution is 9.14. The Morgan fingerprint density at radius 2 is 1.50 bits per heavy atom. The largest absolute Gasteiger partial charge is 0.492 e. The number of ether oxygens (including phenoxy) is 2. The number of hydrogen-bond acceptors (Lipinski definition) is 2. The van der Waals surface area contributed by atoms with Gasteiger partial charge in [-0.3, -0.25) is 0 Å². The summed E-state index contributed by atoms with van der Waals surface area (Å²) < 4.78 is 15.7. The molecule has 2 nitrogen and oxygen atoms in total. The van der Waals surface area contributed by atoms with E-state index in [9.17, 15) is 0 Å². The van der Waals surface area contributed by atoms with Gasteiger partial charge in [0, 0.05) is 19.5 Å². The van der Waals surface area contributed by atoms with Gasteiger partial charge < -0.3 is 9.47 Å². The molecule has 2 aromatic rings. The first-order chi connectivity index (χ1) is 9.43. The molecule has 0 saturated carbocycles. The Morgan fingerprint density at radius 1 is 0.800 bits per heavy atom. The Labute approximate surface area is 158 Å². The van der Waals surface area contributed by atoms with Crippen LogP contribution in [0.3, 0.4) is 0 Å². The lowest BCUT2D eigenvalue weighted by molar-refractivity contribution is 0.375. The van der Waals surface area contributed by atoms with Gasteiger partial charge in [-0.05, 0) is 81.9 Å². The molecule has 0 unspecified atom stereocenters. The van der Waals surface area contributed by atoms with Gasteiger partial charge in [-0.2, -0.15) is 0 Å². The fourth-order valence-corrected chi connectivity index (χ4v) is 4.16. The molecule has 0 atom stereocenters. The zero-order valence-electron chi connectivity index (χ0n) is 10.0. The third-order valence-corrected chi connectivity index (χ3v) is 6.78. The van der Waals surface area contributed by atoms with Crippen LogP contribution in [0.2, 0.25) is 0 Å². The van der Waals surface area contributed by atoms with E-state index in [1.54, 1.807) is 7.11 Å². The van der Waals surface area contributed by atoms with Crippen molar-refractivity contribution in [2.24, 2.45) is 0 Å². The van der Waals surface area contributed by atoms with Crippen LogP contribution >= 0.6 is 79.6 Å². The van der Waals surface area contributed by atoms with E-state index >= 15 is 0 Å². The van der Waals surface area contributed by atoms with Gasteiger partial charge >= 0.3 is 0 Å². The maximum atomic E-state index is 5.93. The molecule has 0 heterocycles. The lowest BCUT2D eigenvalue weighted by Crippen LogP contribution is -1.93. The highest BCUT2D eigenvalue weighted by Crippen LogP contribution is 2.46. The minimum absolute atomic E-state index is 0.609. The van der Waals surface area contributed by atoms with Gasteiger partial charge in [0.25, 0.3) is 0 Å². The lowest BCUT2D eigenvalue weighted by Gasteiger charge is -2.15. The first kappa shape index (κ1) is 16.8. The molecule has 0 aliphatic carbocycles. The Bertz CT molecular complexity index is 658. The maximum absolute atomic E-state index is 5.93. The van der Waals surface area contributed by atoms with E-state index in [1.165, 1.54) is 0 Å². The fraction of sp³-hybridized carbons (Fsp3) is 0.0769. The summed E-state index contributed by atoms with van der Waals surface area (Å²) in [4.78, 5) is 0. The number of halogens is 5. The number of hydrogen-bond donors (Lipinski definition) is 0. The van der Waals surface area contributed by atoms with Gasteiger partial charge in [0.05, 0.1) is 16.1 Å². The minimum atomic E-state index is 0.609. The van der Waals surface area contributed by atoms with E-state index in [-0.39, 0.29) is 0 Å². The Balaban J connectivity index is 2.48. The van der Waals surface area contributed by atoms with Crippen molar-refractivity contribution in [2.45, 2.75) is 0 Å². The normalized spacial score (nSPS) is 10.5. The van der Waals surface area contributed by atoms with Gasteiger partial charge in [0.1, 0.15) is 5.75 Å². The summed E-state index contributed by atoms with van der Waals surface area (Å²) >= 11 is 17.3. The van der Waals surface area contributed by atoms with Crippen molar-refractivity contribution in [1.82, 2.24) is 0 Å². The molecular weight excluding hydrogens is 588 g/mol. The first-order valence-electron chi connectivity index (χ1n) is 5.28. The second kappa shape index (κ2) is 7.13. The van der Waals surface area contributed by atoms with Crippen molar-refractivity contribution < 1.29 is 9.47 Å². The predicted molar refractivity (Wildman–Crippen MR) is 98.0 cm³/mol. The summed E-state index contributed by atoms with van der Waals surface area (Å²) in [6.07, 6.45) is 0. The predicted octanol–water partition coefficient (Wildman–Crippen LogP) is 7.30. The average molecular weight is 595 g/mol. The highest BCUT2D eigenvalue weighted by Gasteiger charge is 2.17. The third kappa shape index (κ3) is 3.61.